The molecule has 0 unspecified atom stereocenters. The van der Waals surface area contributed by atoms with Crippen molar-refractivity contribution in [3.05, 3.63) is 144 Å². The average molecular weight is 777 g/mol. The van der Waals surface area contributed by atoms with E-state index in [1.807, 2.05) is 0 Å². The number of hydrogen-bond donors (Lipinski definition) is 1. The normalized spacial score (nSPS) is 29.5. The number of aliphatic hydroxyl groups excluding tert-OH is 1. The van der Waals surface area contributed by atoms with Gasteiger partial charge in [-0.05, 0) is 74.7 Å². The second-order valence-corrected chi connectivity index (χ2v) is 15.3. The van der Waals surface area contributed by atoms with Crippen LogP contribution in [0.5, 0.6) is 0 Å². The molecule has 0 aromatic heterocycles. The van der Waals surface area contributed by atoms with Gasteiger partial charge in [-0.2, -0.15) is 0 Å². The van der Waals surface area contributed by atoms with E-state index in [1.165, 1.54) is 31.2 Å². The molecule has 1 N–H and O–H groups in total. The predicted octanol–water partition coefficient (Wildman–Crippen LogP) is 6.02. The highest BCUT2D eigenvalue weighted by atomic mass is 16.6. The Labute approximate surface area is 330 Å². The molecule has 2 aliphatic carbocycles. The summed E-state index contributed by atoms with van der Waals surface area (Å²) in [5.74, 6) is -5.71. The van der Waals surface area contributed by atoms with Crippen LogP contribution in [-0.2, 0) is 33.2 Å². The number of esters is 5. The van der Waals surface area contributed by atoms with E-state index in [1.54, 1.807) is 118 Å². The molecule has 12 nitrogen and oxygen atoms in total. The minimum absolute atomic E-state index is 0.0125. The molecule has 57 heavy (non-hydrogen) atoms. The topological polar surface area (TPSA) is 161 Å². The molecule has 0 amide bonds. The molecule has 1 spiro atoms. The van der Waals surface area contributed by atoms with Crippen LogP contribution < -0.4 is 0 Å². The Morgan fingerprint density at radius 2 is 1.00 bits per heavy atom. The van der Waals surface area contributed by atoms with Crippen molar-refractivity contribution in [3.8, 4) is 0 Å². The SMILES string of the molecule is CC(=O)O[C@@H]1[C@H]2[C@@H](OC(=O)c3ccccc3)[C@@H](OC(=O)c3ccccc3)[C@]3(CO)[C@@H](OC(=O)c4ccccc4)[C@@H](OC(=O)c4ccccc4)C[C@@H](C)[C@@]13OC2(C)C. The summed E-state index contributed by atoms with van der Waals surface area (Å²) in [6, 6.07) is 32.5. The summed E-state index contributed by atoms with van der Waals surface area (Å²) in [6.45, 7) is 5.52. The van der Waals surface area contributed by atoms with Gasteiger partial charge >= 0.3 is 29.8 Å². The van der Waals surface area contributed by atoms with Gasteiger partial charge in [0.05, 0.1) is 40.4 Å². The Kier molecular flexibility index (Phi) is 10.8. The van der Waals surface area contributed by atoms with Gasteiger partial charge in [0.25, 0.3) is 0 Å². The first-order chi connectivity index (χ1) is 27.3. The van der Waals surface area contributed by atoms with E-state index in [9.17, 15) is 29.1 Å². The fraction of sp³-hybridized carbons (Fsp3) is 0.356. The number of ether oxygens (including phenoxy) is 6. The lowest BCUT2D eigenvalue weighted by Gasteiger charge is -2.64. The van der Waals surface area contributed by atoms with Gasteiger partial charge in [0.1, 0.15) is 29.3 Å². The molecule has 4 aromatic rings. The number of benzene rings is 4. The maximum Gasteiger partial charge on any atom is 0.338 e. The van der Waals surface area contributed by atoms with Crippen molar-refractivity contribution < 1.29 is 57.5 Å². The monoisotopic (exact) mass is 776 g/mol. The van der Waals surface area contributed by atoms with Crippen molar-refractivity contribution in [2.45, 2.75) is 75.8 Å². The van der Waals surface area contributed by atoms with Crippen LogP contribution in [0.4, 0.5) is 0 Å². The maximum atomic E-state index is 14.3. The zero-order valence-corrected chi connectivity index (χ0v) is 31.9. The third kappa shape index (κ3) is 6.86. The van der Waals surface area contributed by atoms with E-state index in [0.717, 1.165) is 0 Å². The molecule has 1 saturated heterocycles. The molecule has 1 aliphatic heterocycles. The Morgan fingerprint density at radius 1 is 0.596 bits per heavy atom. The van der Waals surface area contributed by atoms with Gasteiger partial charge in [-0.1, -0.05) is 79.7 Å². The fourth-order valence-corrected chi connectivity index (χ4v) is 9.33. The molecule has 12 heteroatoms. The Hall–Kier alpha value is -5.85. The van der Waals surface area contributed by atoms with Crippen molar-refractivity contribution in [2.24, 2.45) is 17.3 Å². The lowest BCUT2D eigenvalue weighted by molar-refractivity contribution is -0.324. The van der Waals surface area contributed by atoms with Crippen LogP contribution in [0.25, 0.3) is 0 Å². The minimum Gasteiger partial charge on any atom is -0.459 e. The summed E-state index contributed by atoms with van der Waals surface area (Å²) >= 11 is 0. The minimum atomic E-state index is -2.13. The van der Waals surface area contributed by atoms with Crippen LogP contribution in [0.1, 0.15) is 75.5 Å². The maximum absolute atomic E-state index is 14.3. The van der Waals surface area contributed by atoms with Crippen LogP contribution in [0.15, 0.2) is 121 Å². The van der Waals surface area contributed by atoms with Crippen molar-refractivity contribution in [2.75, 3.05) is 6.61 Å². The van der Waals surface area contributed by atoms with Gasteiger partial charge in [-0.3, -0.25) is 4.79 Å². The third-order valence-electron chi connectivity index (χ3n) is 11.6. The number of carbonyl (C=O) groups is 5. The number of aliphatic hydroxyl groups is 1. The summed E-state index contributed by atoms with van der Waals surface area (Å²) in [5.41, 5.74) is -4.58. The third-order valence-corrected chi connectivity index (χ3v) is 11.6. The van der Waals surface area contributed by atoms with E-state index in [-0.39, 0.29) is 28.7 Å². The summed E-state index contributed by atoms with van der Waals surface area (Å²) in [5, 5.41) is 12.2. The van der Waals surface area contributed by atoms with E-state index >= 15 is 0 Å². The number of carbonyl (C=O) groups excluding carboxylic acids is 5. The molecule has 4 aromatic carbocycles. The zero-order chi connectivity index (χ0) is 40.5. The van der Waals surface area contributed by atoms with Crippen molar-refractivity contribution >= 4 is 29.8 Å². The Bertz CT molecular complexity index is 2110. The average Bonchev–Trinajstić information content (AvgIpc) is 3.41. The zero-order valence-electron chi connectivity index (χ0n) is 31.9. The van der Waals surface area contributed by atoms with E-state index in [4.69, 9.17) is 28.4 Å². The Morgan fingerprint density at radius 3 is 1.42 bits per heavy atom. The largest absolute Gasteiger partial charge is 0.459 e. The highest BCUT2D eigenvalue weighted by Gasteiger charge is 2.85. The predicted molar refractivity (Wildman–Crippen MR) is 203 cm³/mol. The molecular weight excluding hydrogens is 732 g/mol. The fourth-order valence-electron chi connectivity index (χ4n) is 9.33. The quantitative estimate of drug-likeness (QED) is 0.148. The molecule has 2 saturated carbocycles. The van der Waals surface area contributed by atoms with E-state index < -0.39 is 95.4 Å². The van der Waals surface area contributed by atoms with Gasteiger partial charge < -0.3 is 33.5 Å². The molecule has 9 atom stereocenters. The number of fused-ring (bicyclic) bond motifs is 1. The van der Waals surface area contributed by atoms with Gasteiger partial charge in [0.2, 0.25) is 0 Å². The highest BCUT2D eigenvalue weighted by Crippen LogP contribution is 2.68. The van der Waals surface area contributed by atoms with Gasteiger partial charge in [0, 0.05) is 6.92 Å². The summed E-state index contributed by atoms with van der Waals surface area (Å²) in [7, 11) is 0. The smallest absolute Gasteiger partial charge is 0.338 e. The lowest BCUT2D eigenvalue weighted by atomic mass is 9.47. The number of rotatable bonds is 10. The summed E-state index contributed by atoms with van der Waals surface area (Å²) in [4.78, 5) is 69.7. The summed E-state index contributed by atoms with van der Waals surface area (Å²) in [6.07, 6.45) is -7.39. The van der Waals surface area contributed by atoms with Crippen molar-refractivity contribution in [1.29, 1.82) is 0 Å². The van der Waals surface area contributed by atoms with Crippen LogP contribution in [0, 0.1) is 17.3 Å². The van der Waals surface area contributed by atoms with E-state index in [0.29, 0.717) is 0 Å². The van der Waals surface area contributed by atoms with Crippen LogP contribution in [0.3, 0.4) is 0 Å². The highest BCUT2D eigenvalue weighted by molar-refractivity contribution is 5.92. The molecule has 0 radical (unpaired) electrons. The first kappa shape index (κ1) is 39.4. The molecule has 2 bridgehead atoms. The number of hydrogen-bond acceptors (Lipinski definition) is 12. The van der Waals surface area contributed by atoms with Gasteiger partial charge in [-0.15, -0.1) is 0 Å². The lowest BCUT2D eigenvalue weighted by Crippen LogP contribution is -2.81. The standard InChI is InChI=1S/C45H44O12/c1-27-25-33(53-39(48)29-17-9-5-10-18-29)36(55-41(50)31-21-13-7-14-22-31)44(26-46)38(56-42(51)32-23-15-8-16-24-32)35(54-40(49)30-19-11-6-12-20-30)34-37(52-28(2)47)45(27,44)57-43(34,3)4/h5-24,27,33-38,46H,25-26H2,1-4H3/t27-,33+,34-,35-,36+,37-,38-,44+,45-/m1/s1. The van der Waals surface area contributed by atoms with Crippen molar-refractivity contribution in [3.63, 3.8) is 0 Å². The van der Waals surface area contributed by atoms with Gasteiger partial charge in [-0.25, -0.2) is 19.2 Å². The van der Waals surface area contributed by atoms with Crippen molar-refractivity contribution in [1.82, 2.24) is 0 Å². The molecule has 3 aliphatic rings. The Balaban J connectivity index is 1.48. The second-order valence-electron chi connectivity index (χ2n) is 15.3. The van der Waals surface area contributed by atoms with E-state index in [2.05, 4.69) is 0 Å². The van der Waals surface area contributed by atoms with Crippen LogP contribution >= 0.6 is 0 Å². The molecular formula is C45H44O12. The first-order valence-corrected chi connectivity index (χ1v) is 18.9. The second kappa shape index (κ2) is 15.6. The van der Waals surface area contributed by atoms with Gasteiger partial charge in [0.15, 0.2) is 12.2 Å². The first-order valence-electron chi connectivity index (χ1n) is 18.9. The molecule has 7 rings (SSSR count). The summed E-state index contributed by atoms with van der Waals surface area (Å²) < 4.78 is 38.9. The molecule has 1 heterocycles. The molecule has 3 fully saturated rings. The molecule has 296 valence electrons. The van der Waals surface area contributed by atoms with Crippen LogP contribution in [0.2, 0.25) is 0 Å². The van der Waals surface area contributed by atoms with Crippen LogP contribution in [-0.4, -0.2) is 83.3 Å².